The molecule has 5 rings (SSSR count). The van der Waals surface area contributed by atoms with E-state index in [1.54, 1.807) is 37.3 Å². The van der Waals surface area contributed by atoms with Crippen molar-refractivity contribution in [3.63, 3.8) is 0 Å². The lowest BCUT2D eigenvalue weighted by molar-refractivity contribution is -0.132. The van der Waals surface area contributed by atoms with Crippen molar-refractivity contribution in [3.8, 4) is 5.75 Å². The Kier molecular flexibility index (Phi) is 6.11. The summed E-state index contributed by atoms with van der Waals surface area (Å²) < 4.78 is 11.7. The van der Waals surface area contributed by atoms with Gasteiger partial charge < -0.3 is 19.2 Å². The lowest BCUT2D eigenvalue weighted by atomic mass is 9.98. The summed E-state index contributed by atoms with van der Waals surface area (Å²) in [4.78, 5) is 35.7. The number of benzene rings is 2. The summed E-state index contributed by atoms with van der Waals surface area (Å²) in [6.45, 7) is 10.3. The molecule has 0 spiro atoms. The molecule has 1 aliphatic rings. The summed E-state index contributed by atoms with van der Waals surface area (Å²) in [5.41, 5.74) is 3.56. The largest absolute Gasteiger partial charge is 0.507 e. The van der Waals surface area contributed by atoms with Crippen molar-refractivity contribution in [1.82, 2.24) is 9.97 Å². The molecule has 0 saturated carbocycles. The monoisotopic (exact) mass is 499 g/mol. The SMILES string of the molecule is Cc1ccc2nc(N3C(=O)C(=O)/C(=C(/O)c4ccc(OCC(C)C)c(C)c4)C3c3ccc(C)o3)[nH]c2c1. The van der Waals surface area contributed by atoms with Gasteiger partial charge in [0.05, 0.1) is 23.2 Å². The maximum atomic E-state index is 13.4. The topological polar surface area (TPSA) is 109 Å². The normalized spacial score (nSPS) is 17.4. The Morgan fingerprint density at radius 2 is 1.89 bits per heavy atom. The number of ether oxygens (including phenoxy) is 1. The number of hydrogen-bond acceptors (Lipinski definition) is 6. The highest BCUT2D eigenvalue weighted by molar-refractivity contribution is 6.51. The Bertz CT molecular complexity index is 1560. The van der Waals surface area contributed by atoms with Gasteiger partial charge in [-0.15, -0.1) is 0 Å². The number of imidazole rings is 1. The maximum Gasteiger partial charge on any atom is 0.302 e. The summed E-state index contributed by atoms with van der Waals surface area (Å²) in [5, 5.41) is 11.4. The molecule has 1 fully saturated rings. The van der Waals surface area contributed by atoms with Gasteiger partial charge in [0.15, 0.2) is 0 Å². The number of aliphatic hydroxyl groups is 1. The number of aromatic amines is 1. The molecule has 2 aromatic carbocycles. The van der Waals surface area contributed by atoms with Gasteiger partial charge in [0.25, 0.3) is 5.78 Å². The summed E-state index contributed by atoms with van der Waals surface area (Å²) in [7, 11) is 0. The molecular formula is C29H29N3O5. The van der Waals surface area contributed by atoms with Crippen molar-refractivity contribution >= 4 is 34.4 Å². The fourth-order valence-electron chi connectivity index (χ4n) is 4.52. The van der Waals surface area contributed by atoms with E-state index in [2.05, 4.69) is 23.8 Å². The Morgan fingerprint density at radius 3 is 2.57 bits per heavy atom. The van der Waals surface area contributed by atoms with E-state index in [-0.39, 0.29) is 17.3 Å². The van der Waals surface area contributed by atoms with Crippen LogP contribution in [0.2, 0.25) is 0 Å². The van der Waals surface area contributed by atoms with Crippen LogP contribution < -0.4 is 9.64 Å². The zero-order valence-corrected chi connectivity index (χ0v) is 21.5. The van der Waals surface area contributed by atoms with E-state index in [4.69, 9.17) is 9.15 Å². The number of aliphatic hydroxyl groups excluding tert-OH is 1. The number of fused-ring (bicyclic) bond motifs is 1. The van der Waals surface area contributed by atoms with Gasteiger partial charge in [-0.2, -0.15) is 0 Å². The smallest absolute Gasteiger partial charge is 0.302 e. The highest BCUT2D eigenvalue weighted by atomic mass is 16.5. The number of carbonyl (C=O) groups is 2. The lowest BCUT2D eigenvalue weighted by Gasteiger charge is -2.21. The van der Waals surface area contributed by atoms with Crippen molar-refractivity contribution in [2.45, 2.75) is 40.7 Å². The number of anilines is 1. The summed E-state index contributed by atoms with van der Waals surface area (Å²) in [5.74, 6) is 0.325. The molecule has 1 unspecified atom stereocenters. The molecule has 37 heavy (non-hydrogen) atoms. The highest BCUT2D eigenvalue weighted by Gasteiger charge is 2.49. The van der Waals surface area contributed by atoms with Gasteiger partial charge in [-0.1, -0.05) is 19.9 Å². The van der Waals surface area contributed by atoms with Crippen LogP contribution in [0, 0.1) is 26.7 Å². The Labute approximate surface area is 214 Å². The zero-order chi connectivity index (χ0) is 26.4. The number of rotatable bonds is 6. The molecule has 0 bridgehead atoms. The first-order valence-corrected chi connectivity index (χ1v) is 12.2. The van der Waals surface area contributed by atoms with Gasteiger partial charge in [-0.25, -0.2) is 4.98 Å². The molecule has 8 heteroatoms. The van der Waals surface area contributed by atoms with Gasteiger partial charge in [0, 0.05) is 5.56 Å². The minimum atomic E-state index is -0.993. The average Bonchev–Trinajstić information content (AvgIpc) is 3.53. The number of ketones is 1. The van der Waals surface area contributed by atoms with Crippen molar-refractivity contribution in [2.75, 3.05) is 11.5 Å². The molecule has 1 aliphatic heterocycles. The predicted octanol–water partition coefficient (Wildman–Crippen LogP) is 5.74. The number of Topliss-reactive ketones (excluding diaryl/α,β-unsaturated/α-hetero) is 1. The first-order valence-electron chi connectivity index (χ1n) is 12.2. The quantitative estimate of drug-likeness (QED) is 0.199. The van der Waals surface area contributed by atoms with E-state index >= 15 is 0 Å². The Hall–Kier alpha value is -4.33. The fraction of sp³-hybridized carbons (Fsp3) is 0.276. The standard InChI is InChI=1S/C29H29N3O5/c1-15(2)14-36-22-11-8-19(13-17(22)4)26(33)24-25(23-10-7-18(5)37-23)32(28(35)27(24)34)29-30-20-9-6-16(3)12-21(20)31-29/h6-13,15,25,33H,14H2,1-5H3,(H,30,31)/b26-24+. The molecule has 0 aliphatic carbocycles. The van der Waals surface area contributed by atoms with Crippen LogP contribution in [-0.4, -0.2) is 33.4 Å². The second kappa shape index (κ2) is 9.28. The van der Waals surface area contributed by atoms with E-state index in [0.717, 1.165) is 16.6 Å². The van der Waals surface area contributed by atoms with Crippen LogP contribution in [0.25, 0.3) is 16.8 Å². The molecule has 8 nitrogen and oxygen atoms in total. The second-order valence-corrected chi connectivity index (χ2v) is 9.88. The maximum absolute atomic E-state index is 13.4. The molecule has 2 N–H and O–H groups in total. The molecule has 190 valence electrons. The molecular weight excluding hydrogens is 470 g/mol. The predicted molar refractivity (Wildman–Crippen MR) is 141 cm³/mol. The van der Waals surface area contributed by atoms with Gasteiger partial charge >= 0.3 is 5.91 Å². The third-order valence-corrected chi connectivity index (χ3v) is 6.35. The van der Waals surface area contributed by atoms with Crippen LogP contribution >= 0.6 is 0 Å². The van der Waals surface area contributed by atoms with Crippen LogP contribution in [0.3, 0.4) is 0 Å². The average molecular weight is 500 g/mol. The minimum absolute atomic E-state index is 0.0637. The van der Waals surface area contributed by atoms with Crippen LogP contribution in [0.1, 0.15) is 48.1 Å². The molecule has 2 aromatic heterocycles. The van der Waals surface area contributed by atoms with E-state index in [0.29, 0.717) is 40.9 Å². The summed E-state index contributed by atoms with van der Waals surface area (Å²) >= 11 is 0. The molecule has 1 saturated heterocycles. The van der Waals surface area contributed by atoms with E-state index in [1.807, 2.05) is 32.0 Å². The molecule has 1 atom stereocenters. The van der Waals surface area contributed by atoms with Crippen LogP contribution in [0.15, 0.2) is 58.5 Å². The zero-order valence-electron chi connectivity index (χ0n) is 21.5. The molecule has 3 heterocycles. The molecule has 0 radical (unpaired) electrons. The van der Waals surface area contributed by atoms with E-state index in [9.17, 15) is 14.7 Å². The second-order valence-electron chi connectivity index (χ2n) is 9.88. The molecule has 1 amide bonds. The Balaban J connectivity index is 1.63. The lowest BCUT2D eigenvalue weighted by Crippen LogP contribution is -2.30. The first kappa shape index (κ1) is 24.4. The van der Waals surface area contributed by atoms with Gasteiger partial charge in [-0.05, 0) is 80.3 Å². The number of hydrogen-bond donors (Lipinski definition) is 2. The number of furan rings is 1. The number of H-pyrrole nitrogens is 1. The summed E-state index contributed by atoms with van der Waals surface area (Å²) in [6.07, 6.45) is 0. The number of amides is 1. The third kappa shape index (κ3) is 4.39. The number of carbonyl (C=O) groups excluding carboxylic acids is 2. The van der Waals surface area contributed by atoms with E-state index < -0.39 is 17.7 Å². The number of aryl methyl sites for hydroxylation is 3. The number of nitrogens with zero attached hydrogens (tertiary/aromatic N) is 2. The van der Waals surface area contributed by atoms with Gasteiger partial charge in [0.2, 0.25) is 5.95 Å². The first-order chi connectivity index (χ1) is 17.6. The fourth-order valence-corrected chi connectivity index (χ4v) is 4.52. The van der Waals surface area contributed by atoms with Crippen molar-refractivity contribution in [1.29, 1.82) is 0 Å². The number of aromatic nitrogens is 2. The van der Waals surface area contributed by atoms with E-state index in [1.165, 1.54) is 4.90 Å². The van der Waals surface area contributed by atoms with Crippen LogP contribution in [0.4, 0.5) is 5.95 Å². The van der Waals surface area contributed by atoms with Gasteiger partial charge in [-0.3, -0.25) is 14.5 Å². The summed E-state index contributed by atoms with van der Waals surface area (Å²) in [6, 6.07) is 13.3. The third-order valence-electron chi connectivity index (χ3n) is 6.35. The van der Waals surface area contributed by atoms with Crippen LogP contribution in [-0.2, 0) is 9.59 Å². The minimum Gasteiger partial charge on any atom is -0.507 e. The Morgan fingerprint density at radius 1 is 1.11 bits per heavy atom. The van der Waals surface area contributed by atoms with Gasteiger partial charge in [0.1, 0.15) is 29.1 Å². The van der Waals surface area contributed by atoms with Crippen molar-refractivity contribution < 1.29 is 23.8 Å². The van der Waals surface area contributed by atoms with Crippen molar-refractivity contribution in [2.24, 2.45) is 5.92 Å². The van der Waals surface area contributed by atoms with Crippen molar-refractivity contribution in [3.05, 3.63) is 82.3 Å². The molecule has 4 aromatic rings. The number of nitrogens with one attached hydrogen (secondary N) is 1. The van der Waals surface area contributed by atoms with Crippen LogP contribution in [0.5, 0.6) is 5.75 Å². The highest BCUT2D eigenvalue weighted by Crippen LogP contribution is 2.42.